The Morgan fingerprint density at radius 1 is 0.907 bits per heavy atom. The maximum Gasteiger partial charge on any atom is 0.280 e. The molecule has 0 unspecified atom stereocenters. The summed E-state index contributed by atoms with van der Waals surface area (Å²) >= 11 is 0. The fourth-order valence-electron chi connectivity index (χ4n) is 7.01. The number of aromatic nitrogens is 4. The van der Waals surface area contributed by atoms with Crippen LogP contribution in [0.15, 0.2) is 90.0 Å². The molecule has 14 heteroatoms. The van der Waals surface area contributed by atoms with E-state index in [-0.39, 0.29) is 24.1 Å². The van der Waals surface area contributed by atoms with E-state index < -0.39 is 24.0 Å². The van der Waals surface area contributed by atoms with Gasteiger partial charge in [-0.3, -0.25) is 14.3 Å². The van der Waals surface area contributed by atoms with Gasteiger partial charge < -0.3 is 45.7 Å². The van der Waals surface area contributed by atoms with Crippen LogP contribution in [-0.2, 0) is 15.1 Å². The number of nitrogens with zero attached hydrogens (tertiary/aromatic N) is 4. The Bertz CT molecular complexity index is 1900. The largest absolute Gasteiger partial charge is 0.497 e. The van der Waals surface area contributed by atoms with E-state index in [0.29, 0.717) is 31.2 Å². The van der Waals surface area contributed by atoms with Crippen molar-refractivity contribution in [2.75, 3.05) is 65.4 Å². The minimum Gasteiger partial charge on any atom is -0.497 e. The normalized spacial score (nSPS) is 17.3. The predicted molar refractivity (Wildman–Crippen MR) is 208 cm³/mol. The first kappa shape index (κ1) is 38.9. The first-order chi connectivity index (χ1) is 26.4. The molecule has 0 radical (unpaired) electrons. The predicted octanol–water partition coefficient (Wildman–Crippen LogP) is 3.60. The molecule has 3 heterocycles. The molecule has 1 fully saturated rings. The molecule has 288 valence electrons. The second-order valence-corrected chi connectivity index (χ2v) is 13.4. The maximum absolute atomic E-state index is 13.1. The Hall–Kier alpha value is -4.83. The Balaban J connectivity index is 1.21. The second-order valence-electron chi connectivity index (χ2n) is 13.4. The van der Waals surface area contributed by atoms with Gasteiger partial charge in [0.05, 0.1) is 33.3 Å². The van der Waals surface area contributed by atoms with Crippen molar-refractivity contribution < 1.29 is 24.1 Å². The van der Waals surface area contributed by atoms with Gasteiger partial charge in [-0.25, -0.2) is 4.98 Å². The molecule has 3 atom stereocenters. The zero-order valence-corrected chi connectivity index (χ0v) is 31.0. The van der Waals surface area contributed by atoms with E-state index >= 15 is 0 Å². The summed E-state index contributed by atoms with van der Waals surface area (Å²) in [6, 6.07) is 25.5. The standard InChI is InChI=1S/C40H52N8O6/c1-51-31-15-11-29(12-16-31)40(28-9-4-3-5-10-28,30-13-17-32(52-2)18-14-30)53-26-34-33(49)25-35(54-34)48-27-44-36-37(48)45-39(46-38(36)50)43-21-8-24-47(22-6-19-41)23-7-20-42/h3-5,9-18,27,33-35,49H,6-8,19-26,41-42H2,1-2H3,(H2,43,45,46,50)/t33-,34+,35+/m0/s1. The van der Waals surface area contributed by atoms with Gasteiger partial charge in [-0.2, -0.15) is 4.98 Å². The van der Waals surface area contributed by atoms with E-state index in [1.54, 1.807) is 18.8 Å². The Morgan fingerprint density at radius 3 is 2.09 bits per heavy atom. The maximum atomic E-state index is 13.1. The van der Waals surface area contributed by atoms with Gasteiger partial charge in [0.25, 0.3) is 5.56 Å². The van der Waals surface area contributed by atoms with E-state index in [2.05, 4.69) is 20.2 Å². The fourth-order valence-corrected chi connectivity index (χ4v) is 7.01. The first-order valence-electron chi connectivity index (χ1n) is 18.6. The smallest absolute Gasteiger partial charge is 0.280 e. The third-order valence-corrected chi connectivity index (χ3v) is 9.88. The molecule has 0 amide bonds. The van der Waals surface area contributed by atoms with Crippen molar-refractivity contribution in [1.82, 2.24) is 24.4 Å². The molecule has 3 aromatic carbocycles. The number of aromatic amines is 1. The van der Waals surface area contributed by atoms with Gasteiger partial charge in [0.1, 0.15) is 29.4 Å². The number of aliphatic hydroxyl groups excluding tert-OH is 1. The highest BCUT2D eigenvalue weighted by Crippen LogP contribution is 2.43. The molecule has 0 bridgehead atoms. The number of nitrogens with two attached hydrogens (primary N) is 2. The summed E-state index contributed by atoms with van der Waals surface area (Å²) in [4.78, 5) is 27.3. The van der Waals surface area contributed by atoms with E-state index in [0.717, 1.165) is 67.1 Å². The van der Waals surface area contributed by atoms with Crippen LogP contribution in [0.1, 0.15) is 48.6 Å². The molecule has 1 aliphatic rings. The molecule has 6 rings (SSSR count). The monoisotopic (exact) mass is 740 g/mol. The second kappa shape index (κ2) is 18.5. The number of nitrogens with one attached hydrogen (secondary N) is 2. The molecule has 0 saturated carbocycles. The number of methoxy groups -OCH3 is 2. The van der Waals surface area contributed by atoms with Crippen molar-refractivity contribution in [2.45, 2.75) is 49.7 Å². The van der Waals surface area contributed by atoms with E-state index in [1.165, 1.54) is 6.33 Å². The average molecular weight is 741 g/mol. The highest BCUT2D eigenvalue weighted by atomic mass is 16.6. The van der Waals surface area contributed by atoms with E-state index in [9.17, 15) is 9.90 Å². The van der Waals surface area contributed by atoms with Crippen LogP contribution in [-0.4, -0.2) is 102 Å². The van der Waals surface area contributed by atoms with Crippen molar-refractivity contribution in [1.29, 1.82) is 0 Å². The number of benzene rings is 3. The molecule has 7 N–H and O–H groups in total. The molecule has 54 heavy (non-hydrogen) atoms. The summed E-state index contributed by atoms with van der Waals surface area (Å²) in [5, 5.41) is 14.6. The number of ether oxygens (including phenoxy) is 4. The van der Waals surface area contributed by atoms with Gasteiger partial charge in [-0.05, 0) is 92.9 Å². The number of anilines is 1. The van der Waals surface area contributed by atoms with Crippen LogP contribution in [0.4, 0.5) is 5.95 Å². The zero-order valence-electron chi connectivity index (χ0n) is 31.0. The number of H-pyrrole nitrogens is 1. The first-order valence-corrected chi connectivity index (χ1v) is 18.6. The number of aliphatic hydroxyl groups is 1. The van der Waals surface area contributed by atoms with Crippen LogP contribution in [0.5, 0.6) is 11.5 Å². The molecule has 1 aliphatic heterocycles. The lowest BCUT2D eigenvalue weighted by Crippen LogP contribution is -2.38. The molecular weight excluding hydrogens is 688 g/mol. The van der Waals surface area contributed by atoms with Crippen LogP contribution < -0.4 is 31.8 Å². The van der Waals surface area contributed by atoms with E-state index in [1.807, 2.05) is 78.9 Å². The number of hydrogen-bond donors (Lipinski definition) is 5. The number of hydrogen-bond acceptors (Lipinski definition) is 12. The minimum atomic E-state index is -1.08. The van der Waals surface area contributed by atoms with Gasteiger partial charge in [0.15, 0.2) is 11.2 Å². The number of fused-ring (bicyclic) bond motifs is 1. The molecule has 2 aromatic heterocycles. The topological polar surface area (TPSA) is 188 Å². The average Bonchev–Trinajstić information content (AvgIpc) is 3.81. The van der Waals surface area contributed by atoms with Crippen molar-refractivity contribution in [2.24, 2.45) is 11.5 Å². The lowest BCUT2D eigenvalue weighted by molar-refractivity contribution is -0.0931. The van der Waals surface area contributed by atoms with Crippen LogP contribution in [0, 0.1) is 0 Å². The third kappa shape index (κ3) is 8.75. The summed E-state index contributed by atoms with van der Waals surface area (Å²) in [5.41, 5.74) is 13.2. The molecule has 1 saturated heterocycles. The van der Waals surface area contributed by atoms with Gasteiger partial charge in [0, 0.05) is 13.0 Å². The summed E-state index contributed by atoms with van der Waals surface area (Å²) in [6.45, 7) is 4.66. The quantitative estimate of drug-likeness (QED) is 0.0578. The van der Waals surface area contributed by atoms with Crippen molar-refractivity contribution >= 4 is 17.1 Å². The van der Waals surface area contributed by atoms with Crippen molar-refractivity contribution in [3.63, 3.8) is 0 Å². The summed E-state index contributed by atoms with van der Waals surface area (Å²) in [5.74, 6) is 1.78. The Kier molecular flexibility index (Phi) is 13.3. The molecular formula is C40H52N8O6. The SMILES string of the molecule is COc1ccc(C(OC[C@H]2O[C@@H](n3cnc4c(=O)[nH]c(NCCCN(CCCN)CCCN)nc43)C[C@@H]2O)(c2ccccc2)c2ccc(OC)cc2)cc1. The summed E-state index contributed by atoms with van der Waals surface area (Å²) in [7, 11) is 3.26. The van der Waals surface area contributed by atoms with Crippen LogP contribution >= 0.6 is 0 Å². The van der Waals surface area contributed by atoms with Crippen LogP contribution in [0.3, 0.4) is 0 Å². The van der Waals surface area contributed by atoms with Gasteiger partial charge >= 0.3 is 0 Å². The number of rotatable bonds is 20. The zero-order chi connectivity index (χ0) is 37.9. The van der Waals surface area contributed by atoms with Gasteiger partial charge in [-0.1, -0.05) is 54.6 Å². The fraction of sp³-hybridized carbons (Fsp3) is 0.425. The lowest BCUT2D eigenvalue weighted by Gasteiger charge is -2.37. The van der Waals surface area contributed by atoms with Crippen molar-refractivity contribution in [3.05, 3.63) is 112 Å². The molecule has 0 spiro atoms. The molecule has 0 aliphatic carbocycles. The molecule has 5 aromatic rings. The highest BCUT2D eigenvalue weighted by molar-refractivity contribution is 5.71. The van der Waals surface area contributed by atoms with Crippen molar-refractivity contribution in [3.8, 4) is 11.5 Å². The van der Waals surface area contributed by atoms with E-state index in [4.69, 9.17) is 35.4 Å². The Morgan fingerprint density at radius 2 is 1.50 bits per heavy atom. The molecule has 14 nitrogen and oxygen atoms in total. The van der Waals surface area contributed by atoms with Gasteiger partial charge in [-0.15, -0.1) is 0 Å². The van der Waals surface area contributed by atoms with Crippen LogP contribution in [0.25, 0.3) is 11.2 Å². The minimum absolute atomic E-state index is 0.0473. The van der Waals surface area contributed by atoms with Crippen LogP contribution in [0.2, 0.25) is 0 Å². The highest BCUT2D eigenvalue weighted by Gasteiger charge is 2.42. The third-order valence-electron chi connectivity index (χ3n) is 9.88. The lowest BCUT2D eigenvalue weighted by atomic mass is 9.80. The number of imidazole rings is 1. The van der Waals surface area contributed by atoms with Gasteiger partial charge in [0.2, 0.25) is 5.95 Å². The Labute approximate surface area is 315 Å². The summed E-state index contributed by atoms with van der Waals surface area (Å²) in [6.07, 6.45) is 2.28. The summed E-state index contributed by atoms with van der Waals surface area (Å²) < 4.78 is 26.1.